The van der Waals surface area contributed by atoms with Gasteiger partial charge in [0.1, 0.15) is 17.5 Å². The minimum atomic E-state index is -0.989. The number of carboxylic acid groups (broad SMARTS) is 1. The molecule has 2 aromatic rings. The van der Waals surface area contributed by atoms with E-state index in [2.05, 4.69) is 5.10 Å². The number of amides is 1. The summed E-state index contributed by atoms with van der Waals surface area (Å²) >= 11 is 0. The van der Waals surface area contributed by atoms with Gasteiger partial charge in [0, 0.05) is 17.8 Å². The lowest BCUT2D eigenvalue weighted by molar-refractivity contribution is -0.141. The van der Waals surface area contributed by atoms with E-state index in [9.17, 15) is 19.1 Å². The molecule has 0 spiro atoms. The van der Waals surface area contributed by atoms with Crippen molar-refractivity contribution < 1.29 is 19.1 Å². The summed E-state index contributed by atoms with van der Waals surface area (Å²) in [7, 11) is 0. The molecular weight excluding hydrogens is 337 g/mol. The van der Waals surface area contributed by atoms with Gasteiger partial charge in [-0.2, -0.15) is 5.10 Å². The van der Waals surface area contributed by atoms with Crippen LogP contribution in [0.3, 0.4) is 0 Å². The van der Waals surface area contributed by atoms with Gasteiger partial charge in [0.05, 0.1) is 0 Å². The quantitative estimate of drug-likeness (QED) is 0.916. The molecule has 1 amide bonds. The summed E-state index contributed by atoms with van der Waals surface area (Å²) in [6, 6.07) is 4.03. The van der Waals surface area contributed by atoms with Crippen LogP contribution in [0.15, 0.2) is 18.2 Å². The lowest BCUT2D eigenvalue weighted by Gasteiger charge is -2.20. The number of aliphatic carboxylic acids is 1. The van der Waals surface area contributed by atoms with Gasteiger partial charge < -0.3 is 10.0 Å². The number of carbonyl (C=O) groups excluding carboxylic acids is 1. The van der Waals surface area contributed by atoms with Crippen LogP contribution < -0.4 is 0 Å². The lowest BCUT2D eigenvalue weighted by Crippen LogP contribution is -2.40. The highest BCUT2D eigenvalue weighted by atomic mass is 19.1. The van der Waals surface area contributed by atoms with Crippen molar-refractivity contribution in [3.05, 3.63) is 46.5 Å². The van der Waals surface area contributed by atoms with Crippen molar-refractivity contribution in [2.45, 2.75) is 45.1 Å². The number of aromatic nitrogens is 2. The first-order chi connectivity index (χ1) is 12.5. The minimum Gasteiger partial charge on any atom is -0.480 e. The van der Waals surface area contributed by atoms with Gasteiger partial charge in [-0.25, -0.2) is 13.9 Å². The van der Waals surface area contributed by atoms with Gasteiger partial charge >= 0.3 is 5.97 Å². The highest BCUT2D eigenvalue weighted by Gasteiger charge is 2.38. The van der Waals surface area contributed by atoms with Crippen LogP contribution in [0.1, 0.15) is 46.6 Å². The number of carbonyl (C=O) groups is 2. The maximum atomic E-state index is 14.4. The smallest absolute Gasteiger partial charge is 0.326 e. The van der Waals surface area contributed by atoms with Gasteiger partial charge in [-0.05, 0) is 50.7 Å². The van der Waals surface area contributed by atoms with Crippen LogP contribution in [0.2, 0.25) is 0 Å². The summed E-state index contributed by atoms with van der Waals surface area (Å²) < 4.78 is 16.0. The van der Waals surface area contributed by atoms with E-state index in [0.717, 1.165) is 29.7 Å². The van der Waals surface area contributed by atoms with Crippen molar-refractivity contribution in [1.29, 1.82) is 0 Å². The largest absolute Gasteiger partial charge is 0.480 e. The third kappa shape index (κ3) is 2.50. The van der Waals surface area contributed by atoms with Crippen molar-refractivity contribution in [2.24, 2.45) is 0 Å². The number of nitrogens with zero attached hydrogens (tertiary/aromatic N) is 3. The van der Waals surface area contributed by atoms with Gasteiger partial charge in [0.2, 0.25) is 0 Å². The zero-order valence-corrected chi connectivity index (χ0v) is 14.5. The van der Waals surface area contributed by atoms with E-state index < -0.39 is 12.0 Å². The van der Waals surface area contributed by atoms with E-state index in [1.807, 2.05) is 13.0 Å². The van der Waals surface area contributed by atoms with Crippen molar-refractivity contribution >= 4 is 11.9 Å². The molecule has 1 aliphatic heterocycles. The third-order valence-corrected chi connectivity index (χ3v) is 5.33. The molecule has 1 atom stereocenters. The Labute approximate surface area is 150 Å². The fraction of sp³-hybridized carbons (Fsp3) is 0.421. The van der Waals surface area contributed by atoms with Crippen molar-refractivity contribution in [3.63, 3.8) is 0 Å². The van der Waals surface area contributed by atoms with Crippen LogP contribution in [0.4, 0.5) is 4.39 Å². The molecule has 7 heteroatoms. The molecule has 1 fully saturated rings. The molecule has 26 heavy (non-hydrogen) atoms. The minimum absolute atomic E-state index is 0.272. The molecule has 0 unspecified atom stereocenters. The first-order valence-corrected chi connectivity index (χ1v) is 8.89. The van der Waals surface area contributed by atoms with E-state index in [4.69, 9.17) is 0 Å². The molecule has 1 aliphatic carbocycles. The topological polar surface area (TPSA) is 75.4 Å². The van der Waals surface area contributed by atoms with Crippen LogP contribution in [0, 0.1) is 12.7 Å². The predicted molar refractivity (Wildman–Crippen MR) is 92.0 cm³/mol. The van der Waals surface area contributed by atoms with Gasteiger partial charge in [0.15, 0.2) is 5.69 Å². The second-order valence-electron chi connectivity index (χ2n) is 6.94. The number of hydrogen-bond donors (Lipinski definition) is 1. The molecule has 0 radical (unpaired) electrons. The monoisotopic (exact) mass is 357 g/mol. The molecule has 0 saturated carbocycles. The molecular formula is C19H20FN3O3. The molecule has 1 N–H and O–H groups in total. The van der Waals surface area contributed by atoms with Crippen LogP contribution >= 0.6 is 0 Å². The number of likely N-dealkylation sites (tertiary alicyclic amines) is 1. The standard InChI is InChI=1S/C19H20FN3O3/c1-11-5-2-7-13(20)17(11)23-14-8-3-6-12(14)16(21-23)18(24)22-10-4-9-15(22)19(25)26/h2,5,7,15H,3-4,6,8-10H2,1H3,(H,25,26)/t15-/m0/s1. The van der Waals surface area contributed by atoms with E-state index in [1.165, 1.54) is 11.0 Å². The lowest BCUT2D eigenvalue weighted by atomic mass is 10.1. The zero-order valence-electron chi connectivity index (χ0n) is 14.5. The normalized spacial score (nSPS) is 19.0. The molecule has 1 aromatic carbocycles. The molecule has 2 aliphatic rings. The predicted octanol–water partition coefficient (Wildman–Crippen LogP) is 2.50. The van der Waals surface area contributed by atoms with Gasteiger partial charge in [-0.1, -0.05) is 12.1 Å². The molecule has 6 nitrogen and oxygen atoms in total. The Balaban J connectivity index is 1.80. The molecule has 0 bridgehead atoms. The summed E-state index contributed by atoms with van der Waals surface area (Å²) in [6.07, 6.45) is 3.43. The Morgan fingerprint density at radius 2 is 2.08 bits per heavy atom. The van der Waals surface area contributed by atoms with E-state index >= 15 is 0 Å². The molecule has 1 aromatic heterocycles. The van der Waals surface area contributed by atoms with Gasteiger partial charge in [0.25, 0.3) is 5.91 Å². The molecule has 136 valence electrons. The van der Waals surface area contributed by atoms with Crippen molar-refractivity contribution in [1.82, 2.24) is 14.7 Å². The van der Waals surface area contributed by atoms with E-state index in [1.54, 1.807) is 10.7 Å². The van der Waals surface area contributed by atoms with Crippen LogP contribution in [-0.2, 0) is 17.6 Å². The van der Waals surface area contributed by atoms with Crippen LogP contribution in [0.5, 0.6) is 0 Å². The highest BCUT2D eigenvalue weighted by molar-refractivity contribution is 5.97. The summed E-state index contributed by atoms with van der Waals surface area (Å²) in [5.74, 6) is -1.73. The summed E-state index contributed by atoms with van der Waals surface area (Å²) in [6.45, 7) is 2.22. The average Bonchev–Trinajstić information content (AvgIpc) is 3.31. The van der Waals surface area contributed by atoms with E-state index in [-0.39, 0.29) is 17.4 Å². The summed E-state index contributed by atoms with van der Waals surface area (Å²) in [4.78, 5) is 25.8. The zero-order chi connectivity index (χ0) is 18.4. The van der Waals surface area contributed by atoms with Gasteiger partial charge in [-0.3, -0.25) is 4.79 Å². The Bertz CT molecular complexity index is 885. The third-order valence-electron chi connectivity index (χ3n) is 5.33. The van der Waals surface area contributed by atoms with E-state index in [0.29, 0.717) is 31.5 Å². The summed E-state index contributed by atoms with van der Waals surface area (Å²) in [5.41, 5.74) is 3.06. The number of rotatable bonds is 3. The van der Waals surface area contributed by atoms with Crippen LogP contribution in [-0.4, -0.2) is 44.3 Å². The average molecular weight is 357 g/mol. The SMILES string of the molecule is Cc1cccc(F)c1-n1nc(C(=O)N2CCC[C@H]2C(=O)O)c2c1CCC2. The number of carboxylic acids is 1. The van der Waals surface area contributed by atoms with Crippen molar-refractivity contribution in [2.75, 3.05) is 6.54 Å². The molecule has 4 rings (SSSR count). The molecule has 2 heterocycles. The Kier molecular flexibility index (Phi) is 4.01. The maximum Gasteiger partial charge on any atom is 0.326 e. The first-order valence-electron chi connectivity index (χ1n) is 8.89. The number of halogens is 1. The summed E-state index contributed by atoms with van der Waals surface area (Å²) in [5, 5.41) is 13.8. The maximum absolute atomic E-state index is 14.4. The fourth-order valence-electron chi connectivity index (χ4n) is 4.09. The Morgan fingerprint density at radius 3 is 2.81 bits per heavy atom. The Morgan fingerprint density at radius 1 is 1.27 bits per heavy atom. The number of para-hydroxylation sites is 1. The van der Waals surface area contributed by atoms with Crippen molar-refractivity contribution in [3.8, 4) is 5.69 Å². The fourth-order valence-corrected chi connectivity index (χ4v) is 4.09. The number of hydrogen-bond acceptors (Lipinski definition) is 3. The first kappa shape index (κ1) is 16.8. The highest BCUT2D eigenvalue weighted by Crippen LogP contribution is 2.31. The van der Waals surface area contributed by atoms with Gasteiger partial charge in [-0.15, -0.1) is 0 Å². The van der Waals surface area contributed by atoms with Crippen LogP contribution in [0.25, 0.3) is 5.69 Å². The number of benzene rings is 1. The second kappa shape index (κ2) is 6.23. The molecule has 1 saturated heterocycles. The number of aryl methyl sites for hydroxylation is 1. The Hall–Kier alpha value is -2.70. The second-order valence-corrected chi connectivity index (χ2v) is 6.94. The number of fused-ring (bicyclic) bond motifs is 1.